The van der Waals surface area contributed by atoms with Crippen molar-refractivity contribution in [3.8, 4) is 0 Å². The van der Waals surface area contributed by atoms with Crippen molar-refractivity contribution in [2.24, 2.45) is 7.05 Å². The number of pyridine rings is 1. The minimum atomic E-state index is 0. The molecule has 0 saturated carbocycles. The van der Waals surface area contributed by atoms with Gasteiger partial charge in [0.05, 0.1) is 11.1 Å². The smallest absolute Gasteiger partial charge is 0.214 e. The number of rotatable bonds is 1. The molecule has 0 atom stereocenters. The van der Waals surface area contributed by atoms with E-state index >= 15 is 0 Å². The molecule has 1 heterocycles. The van der Waals surface area contributed by atoms with Crippen molar-refractivity contribution in [2.75, 3.05) is 5.73 Å². The first-order valence-electron chi connectivity index (χ1n) is 9.57. The van der Waals surface area contributed by atoms with Crippen LogP contribution in [0.4, 0.5) is 5.69 Å². The number of benzene rings is 3. The van der Waals surface area contributed by atoms with E-state index in [1.54, 1.807) is 0 Å². The van der Waals surface area contributed by atoms with Crippen molar-refractivity contribution in [2.45, 2.75) is 12.8 Å². The molecule has 2 N–H and O–H groups in total. The highest BCUT2D eigenvalue weighted by Crippen LogP contribution is 2.33. The van der Waals surface area contributed by atoms with Crippen LogP contribution in [0.3, 0.4) is 0 Å². The first-order valence-corrected chi connectivity index (χ1v) is 9.57. The number of ketones is 1. The van der Waals surface area contributed by atoms with E-state index in [9.17, 15) is 4.79 Å². The lowest BCUT2D eigenvalue weighted by Crippen LogP contribution is -3.00. The molecule has 0 spiro atoms. The molecule has 1 aromatic heterocycles. The van der Waals surface area contributed by atoms with E-state index in [1.807, 2.05) is 49.5 Å². The Kier molecular flexibility index (Phi) is 5.13. The summed E-state index contributed by atoms with van der Waals surface area (Å²) in [6.07, 6.45) is 3.58. The van der Waals surface area contributed by atoms with Crippen molar-refractivity contribution in [3.05, 3.63) is 89.1 Å². The fourth-order valence-corrected chi connectivity index (χ4v) is 4.37. The lowest BCUT2D eigenvalue weighted by molar-refractivity contribution is -0.653. The Hall–Kier alpha value is -2.73. The summed E-state index contributed by atoms with van der Waals surface area (Å²) < 4.78 is 2.12. The molecule has 144 valence electrons. The quantitative estimate of drug-likeness (QED) is 0.250. The molecule has 3 nitrogen and oxygen atoms in total. The number of aryl methyl sites for hydroxylation is 1. The first kappa shape index (κ1) is 19.6. The van der Waals surface area contributed by atoms with Crippen molar-refractivity contribution < 1.29 is 33.3 Å². The Morgan fingerprint density at radius 2 is 1.59 bits per heavy atom. The van der Waals surface area contributed by atoms with E-state index < -0.39 is 0 Å². The number of nitrogen functional groups attached to an aromatic ring is 1. The Labute approximate surface area is 186 Å². The van der Waals surface area contributed by atoms with Gasteiger partial charge in [0.1, 0.15) is 12.6 Å². The van der Waals surface area contributed by atoms with Gasteiger partial charge in [-0.3, -0.25) is 4.79 Å². The Balaban J connectivity index is 0.00000205. The molecule has 0 bridgehead atoms. The Morgan fingerprint density at radius 1 is 0.897 bits per heavy atom. The van der Waals surface area contributed by atoms with Crippen LogP contribution in [0.1, 0.15) is 28.0 Å². The molecule has 5 rings (SSSR count). The van der Waals surface area contributed by atoms with Crippen molar-refractivity contribution in [1.29, 1.82) is 0 Å². The number of halogens is 1. The third kappa shape index (κ3) is 3.12. The maximum absolute atomic E-state index is 13.4. The van der Waals surface area contributed by atoms with Crippen LogP contribution in [-0.2, 0) is 13.5 Å². The highest BCUT2D eigenvalue weighted by molar-refractivity contribution is 6.18. The molecule has 0 saturated heterocycles. The maximum atomic E-state index is 13.4. The van der Waals surface area contributed by atoms with Gasteiger partial charge in [-0.15, -0.1) is 0 Å². The number of carbonyl (C=O) groups excluding carboxylic acids is 1. The molecular formula is C25H21IN2O. The van der Waals surface area contributed by atoms with Crippen LogP contribution in [0.2, 0.25) is 0 Å². The fraction of sp³-hybridized carbons (Fsp3) is 0.120. The van der Waals surface area contributed by atoms with E-state index in [0.29, 0.717) is 11.3 Å². The minimum Gasteiger partial charge on any atom is -1.00 e. The summed E-state index contributed by atoms with van der Waals surface area (Å²) in [5.41, 5.74) is 11.7. The summed E-state index contributed by atoms with van der Waals surface area (Å²) in [6, 6.07) is 22.5. The molecule has 1 aliphatic rings. The second kappa shape index (κ2) is 7.59. The molecule has 29 heavy (non-hydrogen) atoms. The van der Waals surface area contributed by atoms with Gasteiger partial charge in [0.2, 0.25) is 5.52 Å². The van der Waals surface area contributed by atoms with Gasteiger partial charge in [0.25, 0.3) is 0 Å². The van der Waals surface area contributed by atoms with Crippen LogP contribution in [0.5, 0.6) is 0 Å². The predicted octanol–water partition coefficient (Wildman–Crippen LogP) is 1.62. The Bertz CT molecular complexity index is 1300. The number of carbonyl (C=O) groups is 1. The van der Waals surface area contributed by atoms with Crippen molar-refractivity contribution in [1.82, 2.24) is 0 Å². The minimum absolute atomic E-state index is 0. The molecule has 4 heteroatoms. The van der Waals surface area contributed by atoms with Gasteiger partial charge in [-0.25, -0.2) is 0 Å². The van der Waals surface area contributed by atoms with Gasteiger partial charge < -0.3 is 29.7 Å². The average molecular weight is 492 g/mol. The SMILES string of the molecule is C[n+]1c2c(c(N)c3ccccc31)C(=O)/C(=C/c1cccc3ccccc13)CC2.[I-]. The van der Waals surface area contributed by atoms with E-state index in [4.69, 9.17) is 5.73 Å². The van der Waals surface area contributed by atoms with Gasteiger partial charge in [0, 0.05) is 18.1 Å². The number of hydrogen-bond acceptors (Lipinski definition) is 2. The number of aromatic nitrogens is 1. The highest BCUT2D eigenvalue weighted by atomic mass is 127. The predicted molar refractivity (Wildman–Crippen MR) is 114 cm³/mol. The van der Waals surface area contributed by atoms with Gasteiger partial charge in [-0.1, -0.05) is 54.6 Å². The zero-order chi connectivity index (χ0) is 19.3. The second-order valence-electron chi connectivity index (χ2n) is 7.38. The monoisotopic (exact) mass is 492 g/mol. The van der Waals surface area contributed by atoms with Crippen LogP contribution in [-0.4, -0.2) is 5.78 Å². The van der Waals surface area contributed by atoms with Crippen molar-refractivity contribution in [3.63, 3.8) is 0 Å². The fourth-order valence-electron chi connectivity index (χ4n) is 4.37. The number of fused-ring (bicyclic) bond motifs is 3. The number of allylic oxidation sites excluding steroid dienone is 1. The third-order valence-corrected chi connectivity index (χ3v) is 5.82. The maximum Gasteiger partial charge on any atom is 0.214 e. The first-order chi connectivity index (χ1) is 13.6. The van der Waals surface area contributed by atoms with Gasteiger partial charge in [-0.2, -0.15) is 4.57 Å². The van der Waals surface area contributed by atoms with Crippen LogP contribution >= 0.6 is 0 Å². The summed E-state index contributed by atoms with van der Waals surface area (Å²) in [4.78, 5) is 13.4. The number of anilines is 1. The molecule has 0 aliphatic heterocycles. The number of nitrogens with two attached hydrogens (primary N) is 1. The zero-order valence-corrected chi connectivity index (χ0v) is 18.3. The zero-order valence-electron chi connectivity index (χ0n) is 16.2. The summed E-state index contributed by atoms with van der Waals surface area (Å²) in [6.45, 7) is 0. The van der Waals surface area contributed by atoms with Gasteiger partial charge in [-0.05, 0) is 34.9 Å². The van der Waals surface area contributed by atoms with E-state index in [2.05, 4.69) is 34.9 Å². The lowest BCUT2D eigenvalue weighted by Gasteiger charge is -2.19. The molecule has 0 fully saturated rings. The van der Waals surface area contributed by atoms with E-state index in [1.165, 1.54) is 5.39 Å². The molecule has 1 aliphatic carbocycles. The topological polar surface area (TPSA) is 47.0 Å². The van der Waals surface area contributed by atoms with Gasteiger partial charge >= 0.3 is 0 Å². The Morgan fingerprint density at radius 3 is 2.41 bits per heavy atom. The third-order valence-electron chi connectivity index (χ3n) is 5.82. The number of nitrogens with zero attached hydrogens (tertiary/aromatic N) is 1. The van der Waals surface area contributed by atoms with Crippen molar-refractivity contribution >= 4 is 39.2 Å². The number of hydrogen-bond donors (Lipinski definition) is 1. The van der Waals surface area contributed by atoms with Crippen LogP contribution < -0.4 is 34.3 Å². The molecule has 4 aromatic rings. The van der Waals surface area contributed by atoms with Crippen LogP contribution in [0, 0.1) is 0 Å². The molecule has 0 radical (unpaired) electrons. The summed E-state index contributed by atoms with van der Waals surface area (Å²) in [7, 11) is 2.02. The molecular weight excluding hydrogens is 471 g/mol. The normalized spacial score (nSPS) is 14.8. The van der Waals surface area contributed by atoms with Gasteiger partial charge in [0.15, 0.2) is 11.5 Å². The van der Waals surface area contributed by atoms with Crippen LogP contribution in [0.15, 0.2) is 72.3 Å². The molecule has 3 aromatic carbocycles. The summed E-state index contributed by atoms with van der Waals surface area (Å²) in [5, 5.41) is 3.27. The average Bonchev–Trinajstić information content (AvgIpc) is 2.73. The lowest BCUT2D eigenvalue weighted by atomic mass is 9.86. The van der Waals surface area contributed by atoms with E-state index in [0.717, 1.165) is 46.0 Å². The number of para-hydroxylation sites is 1. The molecule has 0 amide bonds. The standard InChI is InChI=1S/C25H20N2O.HI/c1-27-21-12-5-4-11-20(21)24(26)23-22(27)14-13-18(25(23)28)15-17-9-6-8-16-7-2-3-10-19(16)17;/h2-12,15,26H,13-14H2,1H3;1H/b18-15+;. The second-order valence-corrected chi connectivity index (χ2v) is 7.38. The largest absolute Gasteiger partial charge is 1.00 e. The number of Topliss-reactive ketones (excluding diaryl/α,β-unsaturated/α-hetero) is 1. The van der Waals surface area contributed by atoms with Crippen LogP contribution in [0.25, 0.3) is 27.8 Å². The summed E-state index contributed by atoms with van der Waals surface area (Å²) in [5.74, 6) is 0.0491. The highest BCUT2D eigenvalue weighted by Gasteiger charge is 2.32. The molecule has 0 unspecified atom stereocenters. The van der Waals surface area contributed by atoms with E-state index in [-0.39, 0.29) is 29.8 Å². The summed E-state index contributed by atoms with van der Waals surface area (Å²) >= 11 is 0.